The molecule has 0 aliphatic carbocycles. The van der Waals surface area contributed by atoms with Crippen LogP contribution in [0.1, 0.15) is 5.69 Å². The van der Waals surface area contributed by atoms with Gasteiger partial charge in [0.05, 0.1) is 5.69 Å². The van der Waals surface area contributed by atoms with Gasteiger partial charge in [-0.25, -0.2) is 9.79 Å². The zero-order valence-electron chi connectivity index (χ0n) is 9.27. The summed E-state index contributed by atoms with van der Waals surface area (Å²) in [5, 5.41) is 7.12. The summed E-state index contributed by atoms with van der Waals surface area (Å²) in [6.07, 6.45) is -3.42. The summed E-state index contributed by atoms with van der Waals surface area (Å²) in [7, 11) is 0. The summed E-state index contributed by atoms with van der Waals surface area (Å²) < 4.78 is 31.7. The van der Waals surface area contributed by atoms with Crippen LogP contribution in [0, 0.1) is 6.92 Å². The van der Waals surface area contributed by atoms with Crippen LogP contribution in [0.2, 0.25) is 0 Å². The average molecular weight is 264 g/mol. The number of carboxylic acids is 1. The van der Waals surface area contributed by atoms with Crippen molar-refractivity contribution in [3.63, 3.8) is 0 Å². The highest BCUT2D eigenvalue weighted by Gasteiger charge is 2.38. The van der Waals surface area contributed by atoms with Crippen molar-refractivity contribution >= 4 is 17.6 Å². The van der Waals surface area contributed by atoms with E-state index in [9.17, 15) is 13.2 Å². The first kappa shape index (κ1) is 15.7. The van der Waals surface area contributed by atoms with Crippen molar-refractivity contribution in [1.82, 2.24) is 4.98 Å². The van der Waals surface area contributed by atoms with Crippen molar-refractivity contribution in [3.05, 3.63) is 24.0 Å². The van der Waals surface area contributed by atoms with E-state index in [1.807, 2.05) is 6.92 Å². The second-order valence-electron chi connectivity index (χ2n) is 3.00. The second kappa shape index (κ2) is 6.42. The molecule has 0 bridgehead atoms. The molecular formula is C9H11F3N4O2. The Bertz CT molecular complexity index is 442. The molecule has 1 rings (SSSR count). The molecule has 0 amide bonds. The van der Waals surface area contributed by atoms with E-state index in [0.29, 0.717) is 0 Å². The fourth-order valence-corrected chi connectivity index (χ4v) is 0.749. The number of hydrogen-bond acceptors (Lipinski definition) is 3. The maximum Gasteiger partial charge on any atom is 0.490 e. The van der Waals surface area contributed by atoms with Gasteiger partial charge in [0.25, 0.3) is 0 Å². The molecule has 0 saturated carbocycles. The van der Waals surface area contributed by atoms with E-state index in [1.165, 1.54) is 0 Å². The molecule has 5 N–H and O–H groups in total. The van der Waals surface area contributed by atoms with Crippen LogP contribution in [0.4, 0.5) is 18.9 Å². The van der Waals surface area contributed by atoms with Crippen LogP contribution in [0.5, 0.6) is 0 Å². The van der Waals surface area contributed by atoms with Crippen molar-refractivity contribution in [2.24, 2.45) is 16.5 Å². The number of nitrogens with zero attached hydrogens (tertiary/aromatic N) is 2. The predicted molar refractivity (Wildman–Crippen MR) is 58.1 cm³/mol. The van der Waals surface area contributed by atoms with Crippen molar-refractivity contribution in [2.45, 2.75) is 13.1 Å². The van der Waals surface area contributed by atoms with Crippen LogP contribution in [0.15, 0.2) is 23.3 Å². The summed E-state index contributed by atoms with van der Waals surface area (Å²) in [4.78, 5) is 16.7. The molecule has 6 nitrogen and oxygen atoms in total. The highest BCUT2D eigenvalue weighted by atomic mass is 19.4. The first-order chi connectivity index (χ1) is 8.12. The monoisotopic (exact) mass is 264 g/mol. The molecule has 0 aliphatic heterocycles. The molecule has 0 spiro atoms. The van der Waals surface area contributed by atoms with Gasteiger partial charge in [0.2, 0.25) is 0 Å². The van der Waals surface area contributed by atoms with E-state index in [0.717, 1.165) is 11.4 Å². The lowest BCUT2D eigenvalue weighted by Gasteiger charge is -1.94. The Balaban J connectivity index is 0.000000360. The lowest BCUT2D eigenvalue weighted by atomic mass is 10.3. The van der Waals surface area contributed by atoms with Crippen LogP contribution < -0.4 is 11.5 Å². The van der Waals surface area contributed by atoms with Crippen LogP contribution in [0.3, 0.4) is 0 Å². The normalized spacial score (nSPS) is 10.0. The molecular weight excluding hydrogens is 253 g/mol. The number of halogens is 3. The molecule has 100 valence electrons. The number of pyridine rings is 1. The SMILES string of the molecule is Cc1cc(N=C(N)N)ccn1.O=C(O)C(F)(F)F. The smallest absolute Gasteiger partial charge is 0.475 e. The molecule has 1 aromatic heterocycles. The van der Waals surface area contributed by atoms with Crippen molar-refractivity contribution in [1.29, 1.82) is 0 Å². The van der Waals surface area contributed by atoms with E-state index < -0.39 is 12.1 Å². The third-order valence-corrected chi connectivity index (χ3v) is 1.38. The Morgan fingerprint density at radius 2 is 1.94 bits per heavy atom. The summed E-state index contributed by atoms with van der Waals surface area (Å²) in [6.45, 7) is 1.88. The van der Waals surface area contributed by atoms with E-state index >= 15 is 0 Å². The third kappa shape index (κ3) is 7.04. The number of aliphatic imine (C=N–C) groups is 1. The largest absolute Gasteiger partial charge is 0.490 e. The summed E-state index contributed by atoms with van der Waals surface area (Å²) in [6, 6.07) is 3.55. The zero-order chi connectivity index (χ0) is 14.3. The number of hydrogen-bond donors (Lipinski definition) is 3. The second-order valence-corrected chi connectivity index (χ2v) is 3.00. The van der Waals surface area contributed by atoms with Gasteiger partial charge in [-0.05, 0) is 19.1 Å². The Morgan fingerprint density at radius 1 is 1.44 bits per heavy atom. The molecule has 1 heterocycles. The Morgan fingerprint density at radius 3 is 2.28 bits per heavy atom. The molecule has 0 aliphatic rings. The standard InChI is InChI=1S/C7H10N4.C2HF3O2/c1-5-4-6(2-3-10-5)11-7(8)9;3-2(4,5)1(6)7/h2-4H,1H3,(H4,8,9,10,11);(H,6,7). The summed E-state index contributed by atoms with van der Waals surface area (Å²) in [5.41, 5.74) is 12.0. The number of carbonyl (C=O) groups is 1. The van der Waals surface area contributed by atoms with E-state index in [4.69, 9.17) is 21.4 Å². The predicted octanol–water partition coefficient (Wildman–Crippen LogP) is 0.928. The van der Waals surface area contributed by atoms with Crippen LogP contribution in [-0.2, 0) is 4.79 Å². The number of rotatable bonds is 1. The number of aliphatic carboxylic acids is 1. The van der Waals surface area contributed by atoms with Gasteiger partial charge in [-0.3, -0.25) is 4.98 Å². The fraction of sp³-hybridized carbons (Fsp3) is 0.222. The molecule has 0 atom stereocenters. The van der Waals surface area contributed by atoms with Crippen molar-refractivity contribution < 1.29 is 23.1 Å². The van der Waals surface area contributed by atoms with Crippen molar-refractivity contribution in [3.8, 4) is 0 Å². The Labute approximate surface area is 100 Å². The minimum Gasteiger partial charge on any atom is -0.475 e. The Kier molecular flexibility index (Phi) is 5.60. The molecule has 0 saturated heterocycles. The molecule has 0 radical (unpaired) electrons. The molecule has 1 aromatic rings. The molecule has 18 heavy (non-hydrogen) atoms. The number of guanidine groups is 1. The summed E-state index contributed by atoms with van der Waals surface area (Å²) in [5.74, 6) is -2.69. The van der Waals surface area contributed by atoms with Gasteiger partial charge in [0.1, 0.15) is 0 Å². The number of alkyl halides is 3. The maximum atomic E-state index is 10.6. The van der Waals surface area contributed by atoms with E-state index in [-0.39, 0.29) is 5.96 Å². The molecule has 0 fully saturated rings. The van der Waals surface area contributed by atoms with Gasteiger partial charge in [0, 0.05) is 11.9 Å². The Hall–Kier alpha value is -2.32. The quantitative estimate of drug-likeness (QED) is 0.515. The van der Waals surface area contributed by atoms with Gasteiger partial charge in [-0.1, -0.05) is 0 Å². The van der Waals surface area contributed by atoms with Crippen molar-refractivity contribution in [2.75, 3.05) is 0 Å². The first-order valence-corrected chi connectivity index (χ1v) is 4.45. The zero-order valence-corrected chi connectivity index (χ0v) is 9.27. The third-order valence-electron chi connectivity index (χ3n) is 1.38. The number of aryl methyl sites for hydroxylation is 1. The fourth-order valence-electron chi connectivity index (χ4n) is 0.749. The van der Waals surface area contributed by atoms with Crippen LogP contribution in [-0.4, -0.2) is 28.2 Å². The highest BCUT2D eigenvalue weighted by Crippen LogP contribution is 2.13. The number of nitrogens with two attached hydrogens (primary N) is 2. The molecule has 0 unspecified atom stereocenters. The topological polar surface area (TPSA) is 115 Å². The van der Waals surface area contributed by atoms with Gasteiger partial charge in [0.15, 0.2) is 5.96 Å². The van der Waals surface area contributed by atoms with Crippen LogP contribution >= 0.6 is 0 Å². The lowest BCUT2D eigenvalue weighted by molar-refractivity contribution is -0.192. The number of carboxylic acid groups (broad SMARTS) is 1. The molecule has 0 aromatic carbocycles. The van der Waals surface area contributed by atoms with Gasteiger partial charge < -0.3 is 16.6 Å². The van der Waals surface area contributed by atoms with Gasteiger partial charge >= 0.3 is 12.1 Å². The molecule has 9 heteroatoms. The highest BCUT2D eigenvalue weighted by molar-refractivity contribution is 5.78. The summed E-state index contributed by atoms with van der Waals surface area (Å²) >= 11 is 0. The lowest BCUT2D eigenvalue weighted by Crippen LogP contribution is -2.21. The first-order valence-electron chi connectivity index (χ1n) is 4.45. The maximum absolute atomic E-state index is 10.6. The number of aromatic nitrogens is 1. The van der Waals surface area contributed by atoms with E-state index in [2.05, 4.69) is 9.98 Å². The average Bonchev–Trinajstić information content (AvgIpc) is 2.15. The van der Waals surface area contributed by atoms with Gasteiger partial charge in [-0.2, -0.15) is 13.2 Å². The van der Waals surface area contributed by atoms with Crippen LogP contribution in [0.25, 0.3) is 0 Å². The van der Waals surface area contributed by atoms with Gasteiger partial charge in [-0.15, -0.1) is 0 Å². The minimum absolute atomic E-state index is 0.0654. The minimum atomic E-state index is -5.08. The van der Waals surface area contributed by atoms with E-state index in [1.54, 1.807) is 18.3 Å².